The highest BCUT2D eigenvalue weighted by Gasteiger charge is 2.20. The van der Waals surface area contributed by atoms with E-state index < -0.39 is 9.85 Å². The maximum absolute atomic E-state index is 12.1. The molecule has 1 saturated heterocycles. The number of nitro benzene ring substituents is 2. The molecular formula is C22H22N6O5S. The molecule has 1 fully saturated rings. The molecule has 4 rings (SSSR count). The molecule has 0 saturated carbocycles. The van der Waals surface area contributed by atoms with Gasteiger partial charge in [-0.05, 0) is 17.7 Å². The summed E-state index contributed by atoms with van der Waals surface area (Å²) in [7, 11) is 0. The van der Waals surface area contributed by atoms with Crippen LogP contribution in [0.3, 0.4) is 0 Å². The molecule has 0 unspecified atom stereocenters. The van der Waals surface area contributed by atoms with Crippen molar-refractivity contribution in [1.29, 1.82) is 0 Å². The van der Waals surface area contributed by atoms with Gasteiger partial charge in [0.05, 0.1) is 20.1 Å². The Balaban J connectivity index is 1.22. The second-order valence-electron chi connectivity index (χ2n) is 7.71. The molecule has 2 aromatic carbocycles. The van der Waals surface area contributed by atoms with Crippen LogP contribution in [0, 0.1) is 20.2 Å². The minimum absolute atomic E-state index is 0.0196. The van der Waals surface area contributed by atoms with Crippen LogP contribution in [-0.2, 0) is 4.79 Å². The van der Waals surface area contributed by atoms with Crippen molar-refractivity contribution in [2.75, 3.05) is 44.2 Å². The highest BCUT2D eigenvalue weighted by molar-refractivity contribution is 7.22. The van der Waals surface area contributed by atoms with Crippen molar-refractivity contribution in [3.05, 3.63) is 74.3 Å². The van der Waals surface area contributed by atoms with E-state index in [1.165, 1.54) is 35.6 Å². The lowest BCUT2D eigenvalue weighted by atomic mass is 10.2. The second kappa shape index (κ2) is 10.4. The Bertz CT molecular complexity index is 1250. The number of anilines is 1. The lowest BCUT2D eigenvalue weighted by molar-refractivity contribution is -0.385. The molecule has 1 amide bonds. The van der Waals surface area contributed by atoms with Gasteiger partial charge in [-0.15, -0.1) is 0 Å². The molecule has 0 atom stereocenters. The fraction of sp³-hybridized carbons (Fsp3) is 0.273. The number of nitrogens with zero attached hydrogens (tertiary/aromatic N) is 5. The van der Waals surface area contributed by atoms with E-state index in [0.29, 0.717) is 18.7 Å². The van der Waals surface area contributed by atoms with Crippen LogP contribution in [0.15, 0.2) is 48.5 Å². The average molecular weight is 483 g/mol. The summed E-state index contributed by atoms with van der Waals surface area (Å²) in [5, 5.41) is 25.5. The standard InChI is InChI=1S/C22H22N6O5S/c29-21(7-4-16-2-1-3-17(14-16)27(30)31)23-8-9-25-10-12-26(13-11-25)22-24-19-6-5-18(28(32)33)15-20(19)34-22/h1-7,14-15H,8-13H2,(H,23,29)/b7-4+. The Morgan fingerprint density at radius 3 is 2.53 bits per heavy atom. The van der Waals surface area contributed by atoms with Crippen molar-refractivity contribution < 1.29 is 14.6 Å². The largest absolute Gasteiger partial charge is 0.351 e. The third-order valence-electron chi connectivity index (χ3n) is 5.45. The number of aromatic nitrogens is 1. The molecule has 0 radical (unpaired) electrons. The molecule has 34 heavy (non-hydrogen) atoms. The van der Waals surface area contributed by atoms with Gasteiger partial charge in [0.15, 0.2) is 5.13 Å². The molecule has 12 heteroatoms. The van der Waals surface area contributed by atoms with E-state index in [2.05, 4.69) is 20.1 Å². The smallest absolute Gasteiger partial charge is 0.270 e. The molecule has 3 aromatic rings. The fourth-order valence-electron chi connectivity index (χ4n) is 3.62. The minimum Gasteiger partial charge on any atom is -0.351 e. The van der Waals surface area contributed by atoms with Gasteiger partial charge in [-0.3, -0.25) is 29.9 Å². The normalized spacial score (nSPS) is 14.5. The van der Waals surface area contributed by atoms with Crippen molar-refractivity contribution >= 4 is 50.0 Å². The lowest BCUT2D eigenvalue weighted by Crippen LogP contribution is -2.48. The summed E-state index contributed by atoms with van der Waals surface area (Å²) in [6, 6.07) is 10.8. The van der Waals surface area contributed by atoms with Crippen molar-refractivity contribution in [3.63, 3.8) is 0 Å². The Morgan fingerprint density at radius 1 is 1.06 bits per heavy atom. The maximum Gasteiger partial charge on any atom is 0.270 e. The van der Waals surface area contributed by atoms with E-state index in [1.807, 2.05) is 0 Å². The van der Waals surface area contributed by atoms with Gasteiger partial charge >= 0.3 is 0 Å². The van der Waals surface area contributed by atoms with Crippen LogP contribution in [0.1, 0.15) is 5.56 Å². The number of carbonyl (C=O) groups excluding carboxylic acids is 1. The Labute approximate surface area is 198 Å². The number of thiazole rings is 1. The Kier molecular flexibility index (Phi) is 7.09. The SMILES string of the molecule is O=C(/C=C/c1cccc([N+](=O)[O-])c1)NCCN1CCN(c2nc3ccc([N+](=O)[O-])cc3s2)CC1. The molecule has 1 N–H and O–H groups in total. The van der Waals surface area contributed by atoms with Crippen LogP contribution in [-0.4, -0.2) is 64.9 Å². The molecule has 1 aliphatic heterocycles. The summed E-state index contributed by atoms with van der Waals surface area (Å²) in [5.41, 5.74) is 1.39. The van der Waals surface area contributed by atoms with Crippen LogP contribution in [0.2, 0.25) is 0 Å². The summed E-state index contributed by atoms with van der Waals surface area (Å²) in [6.45, 7) is 4.38. The summed E-state index contributed by atoms with van der Waals surface area (Å²) in [5.74, 6) is -0.256. The van der Waals surface area contributed by atoms with Gasteiger partial charge in [0.1, 0.15) is 0 Å². The second-order valence-corrected chi connectivity index (χ2v) is 8.72. The molecule has 11 nitrogen and oxygen atoms in total. The van der Waals surface area contributed by atoms with Crippen LogP contribution in [0.25, 0.3) is 16.3 Å². The number of benzene rings is 2. The first-order chi connectivity index (χ1) is 16.4. The van der Waals surface area contributed by atoms with E-state index in [4.69, 9.17) is 0 Å². The average Bonchev–Trinajstić information content (AvgIpc) is 3.27. The maximum atomic E-state index is 12.1. The number of nitrogens with one attached hydrogen (secondary N) is 1. The van der Waals surface area contributed by atoms with E-state index in [0.717, 1.165) is 41.5 Å². The minimum atomic E-state index is -0.472. The topological polar surface area (TPSA) is 135 Å². The third kappa shape index (κ3) is 5.71. The van der Waals surface area contributed by atoms with Crippen molar-refractivity contribution in [1.82, 2.24) is 15.2 Å². The lowest BCUT2D eigenvalue weighted by Gasteiger charge is -2.34. The molecule has 176 valence electrons. The van der Waals surface area contributed by atoms with Crippen molar-refractivity contribution in [3.8, 4) is 0 Å². The third-order valence-corrected chi connectivity index (χ3v) is 6.53. The van der Waals surface area contributed by atoms with Gasteiger partial charge in [0.25, 0.3) is 11.4 Å². The number of hydrogen-bond acceptors (Lipinski definition) is 9. The van der Waals surface area contributed by atoms with E-state index in [-0.39, 0.29) is 17.3 Å². The van der Waals surface area contributed by atoms with E-state index >= 15 is 0 Å². The van der Waals surface area contributed by atoms with Gasteiger partial charge in [-0.25, -0.2) is 4.98 Å². The van der Waals surface area contributed by atoms with Gasteiger partial charge in [0, 0.05) is 69.6 Å². The van der Waals surface area contributed by atoms with Gasteiger partial charge in [0.2, 0.25) is 5.91 Å². The summed E-state index contributed by atoms with van der Waals surface area (Å²) < 4.78 is 0.799. The number of fused-ring (bicyclic) bond motifs is 1. The molecule has 1 aromatic heterocycles. The first kappa shape index (κ1) is 23.3. The zero-order chi connectivity index (χ0) is 24.1. The highest BCUT2D eigenvalue weighted by atomic mass is 32.1. The zero-order valence-corrected chi connectivity index (χ0v) is 18.9. The molecule has 1 aliphatic rings. The first-order valence-corrected chi connectivity index (χ1v) is 11.4. The Hall–Kier alpha value is -3.90. The number of amides is 1. The monoisotopic (exact) mass is 482 g/mol. The van der Waals surface area contributed by atoms with Crippen molar-refractivity contribution in [2.24, 2.45) is 0 Å². The van der Waals surface area contributed by atoms with E-state index in [9.17, 15) is 25.0 Å². The summed E-state index contributed by atoms with van der Waals surface area (Å²) >= 11 is 1.45. The molecule has 2 heterocycles. The number of carbonyl (C=O) groups is 1. The molecular weight excluding hydrogens is 460 g/mol. The zero-order valence-electron chi connectivity index (χ0n) is 18.1. The summed E-state index contributed by atoms with van der Waals surface area (Å²) in [6.07, 6.45) is 2.92. The number of nitro groups is 2. The van der Waals surface area contributed by atoms with Crippen LogP contribution < -0.4 is 10.2 Å². The highest BCUT2D eigenvalue weighted by Crippen LogP contribution is 2.31. The number of piperazine rings is 1. The van der Waals surface area contributed by atoms with E-state index in [1.54, 1.807) is 30.3 Å². The van der Waals surface area contributed by atoms with Gasteiger partial charge in [-0.2, -0.15) is 0 Å². The van der Waals surface area contributed by atoms with Crippen molar-refractivity contribution in [2.45, 2.75) is 0 Å². The van der Waals surface area contributed by atoms with Gasteiger partial charge < -0.3 is 10.2 Å². The molecule has 0 spiro atoms. The predicted octanol–water partition coefficient (Wildman–Crippen LogP) is 3.06. The summed E-state index contributed by atoms with van der Waals surface area (Å²) in [4.78, 5) is 42.0. The Morgan fingerprint density at radius 2 is 1.79 bits per heavy atom. The van der Waals surface area contributed by atoms with Gasteiger partial charge in [-0.1, -0.05) is 23.5 Å². The number of non-ortho nitro benzene ring substituents is 2. The van der Waals surface area contributed by atoms with Crippen LogP contribution >= 0.6 is 11.3 Å². The number of rotatable bonds is 8. The molecule has 0 bridgehead atoms. The number of hydrogen-bond donors (Lipinski definition) is 1. The molecule has 0 aliphatic carbocycles. The first-order valence-electron chi connectivity index (χ1n) is 10.6. The predicted molar refractivity (Wildman–Crippen MR) is 130 cm³/mol. The van der Waals surface area contributed by atoms with Crippen LogP contribution in [0.4, 0.5) is 16.5 Å². The fourth-order valence-corrected chi connectivity index (χ4v) is 4.67. The van der Waals surface area contributed by atoms with Crippen LogP contribution in [0.5, 0.6) is 0 Å². The quantitative estimate of drug-likeness (QED) is 0.294.